The lowest BCUT2D eigenvalue weighted by molar-refractivity contribution is -0.137. The minimum atomic E-state index is -4.51. The number of benzene rings is 1. The fourth-order valence-electron chi connectivity index (χ4n) is 1.47. The lowest BCUT2D eigenvalue weighted by Gasteiger charge is -2.04. The zero-order chi connectivity index (χ0) is 14.2. The maximum Gasteiger partial charge on any atom is 0.443 e. The molecule has 0 amide bonds. The standard InChI is InChI=1S/C12H7F3INOS/c1-6-3-2-4-7(9(6)16)10(18)8-5-17-11(19-8)12(13,14)15/h2-5H,1H3. The van der Waals surface area contributed by atoms with Crippen LogP contribution in [0.15, 0.2) is 24.4 Å². The first-order valence-corrected chi connectivity index (χ1v) is 7.03. The van der Waals surface area contributed by atoms with Gasteiger partial charge < -0.3 is 0 Å². The van der Waals surface area contributed by atoms with Gasteiger partial charge in [-0.15, -0.1) is 11.3 Å². The van der Waals surface area contributed by atoms with Crippen LogP contribution in [0.4, 0.5) is 13.2 Å². The maximum atomic E-state index is 12.4. The first-order valence-electron chi connectivity index (χ1n) is 5.13. The molecule has 0 N–H and O–H groups in total. The number of alkyl halides is 3. The van der Waals surface area contributed by atoms with E-state index in [4.69, 9.17) is 0 Å². The molecular weight excluding hydrogens is 390 g/mol. The van der Waals surface area contributed by atoms with Crippen LogP contribution in [0.2, 0.25) is 0 Å². The lowest BCUT2D eigenvalue weighted by Crippen LogP contribution is -2.03. The molecule has 1 heterocycles. The number of aromatic nitrogens is 1. The Morgan fingerprint density at radius 3 is 2.63 bits per heavy atom. The average Bonchev–Trinajstić information content (AvgIpc) is 2.81. The summed E-state index contributed by atoms with van der Waals surface area (Å²) in [4.78, 5) is 15.4. The van der Waals surface area contributed by atoms with Gasteiger partial charge in [-0.2, -0.15) is 13.2 Å². The maximum absolute atomic E-state index is 12.4. The van der Waals surface area contributed by atoms with Crippen LogP contribution in [0.25, 0.3) is 0 Å². The van der Waals surface area contributed by atoms with Crippen molar-refractivity contribution in [3.63, 3.8) is 0 Å². The number of ketones is 1. The zero-order valence-electron chi connectivity index (χ0n) is 9.58. The van der Waals surface area contributed by atoms with Crippen LogP contribution in [0, 0.1) is 10.5 Å². The van der Waals surface area contributed by atoms with Gasteiger partial charge in [-0.05, 0) is 41.1 Å². The Morgan fingerprint density at radius 1 is 1.37 bits per heavy atom. The molecule has 1 aromatic carbocycles. The van der Waals surface area contributed by atoms with Crippen molar-refractivity contribution in [1.82, 2.24) is 4.98 Å². The quantitative estimate of drug-likeness (QED) is 0.559. The third kappa shape index (κ3) is 2.97. The Kier molecular flexibility index (Phi) is 3.95. The fourth-order valence-corrected chi connectivity index (χ4v) is 2.81. The molecule has 0 saturated heterocycles. The van der Waals surface area contributed by atoms with E-state index in [9.17, 15) is 18.0 Å². The van der Waals surface area contributed by atoms with Gasteiger partial charge in [0, 0.05) is 15.3 Å². The molecule has 7 heteroatoms. The van der Waals surface area contributed by atoms with Gasteiger partial charge in [0.05, 0.1) is 4.88 Å². The predicted octanol–water partition coefficient (Wildman–Crippen LogP) is 4.31. The Balaban J connectivity index is 2.40. The number of hydrogen-bond donors (Lipinski definition) is 0. The zero-order valence-corrected chi connectivity index (χ0v) is 12.6. The number of hydrogen-bond acceptors (Lipinski definition) is 3. The highest BCUT2D eigenvalue weighted by atomic mass is 127. The van der Waals surface area contributed by atoms with E-state index in [0.717, 1.165) is 15.3 Å². The van der Waals surface area contributed by atoms with Crippen LogP contribution < -0.4 is 0 Å². The van der Waals surface area contributed by atoms with Gasteiger partial charge in [0.2, 0.25) is 5.78 Å². The molecule has 1 aromatic heterocycles. The first kappa shape index (κ1) is 14.4. The molecule has 0 radical (unpaired) electrons. The third-order valence-corrected chi connectivity index (χ3v) is 4.88. The second-order valence-corrected chi connectivity index (χ2v) is 5.90. The Labute approximate surface area is 124 Å². The summed E-state index contributed by atoms with van der Waals surface area (Å²) in [5, 5.41) is -1.00. The molecule has 0 aliphatic rings. The highest BCUT2D eigenvalue weighted by Crippen LogP contribution is 2.33. The third-order valence-electron chi connectivity index (χ3n) is 2.41. The van der Waals surface area contributed by atoms with E-state index >= 15 is 0 Å². The van der Waals surface area contributed by atoms with Crippen molar-refractivity contribution in [1.29, 1.82) is 0 Å². The summed E-state index contributed by atoms with van der Waals surface area (Å²) in [6, 6.07) is 5.15. The molecule has 19 heavy (non-hydrogen) atoms. The largest absolute Gasteiger partial charge is 0.443 e. The second-order valence-electron chi connectivity index (χ2n) is 3.79. The second kappa shape index (κ2) is 5.20. The molecule has 0 atom stereocenters. The number of halogens is 4. The lowest BCUT2D eigenvalue weighted by atomic mass is 10.1. The summed E-state index contributed by atoms with van der Waals surface area (Å²) in [5.41, 5.74) is 1.31. The Bertz CT molecular complexity index is 636. The molecule has 0 aliphatic heterocycles. The number of thiazole rings is 1. The fraction of sp³-hybridized carbons (Fsp3) is 0.167. The van der Waals surface area contributed by atoms with Gasteiger partial charge in [0.25, 0.3) is 0 Å². The van der Waals surface area contributed by atoms with Gasteiger partial charge in [0.1, 0.15) is 0 Å². The van der Waals surface area contributed by atoms with Crippen molar-refractivity contribution in [3.05, 3.63) is 49.0 Å². The van der Waals surface area contributed by atoms with Crippen LogP contribution in [0.3, 0.4) is 0 Å². The number of carbonyl (C=O) groups is 1. The van der Waals surface area contributed by atoms with E-state index in [1.807, 2.05) is 35.6 Å². The summed E-state index contributed by atoms with van der Waals surface area (Å²) >= 11 is 2.38. The van der Waals surface area contributed by atoms with Gasteiger partial charge in [-0.25, -0.2) is 4.98 Å². The van der Waals surface area contributed by atoms with E-state index in [1.165, 1.54) is 0 Å². The molecule has 2 aromatic rings. The van der Waals surface area contributed by atoms with Gasteiger partial charge in [0.15, 0.2) is 5.01 Å². The van der Waals surface area contributed by atoms with Crippen molar-refractivity contribution < 1.29 is 18.0 Å². The Hall–Kier alpha value is -0.960. The molecule has 0 fully saturated rings. The van der Waals surface area contributed by atoms with Crippen LogP contribution in [0.5, 0.6) is 0 Å². The monoisotopic (exact) mass is 397 g/mol. The van der Waals surface area contributed by atoms with E-state index in [-0.39, 0.29) is 4.88 Å². The molecule has 0 saturated carbocycles. The predicted molar refractivity (Wildman–Crippen MR) is 74.4 cm³/mol. The highest BCUT2D eigenvalue weighted by molar-refractivity contribution is 14.1. The van der Waals surface area contributed by atoms with Crippen LogP contribution >= 0.6 is 33.9 Å². The number of nitrogens with zero attached hydrogens (tertiary/aromatic N) is 1. The van der Waals surface area contributed by atoms with Crippen molar-refractivity contribution >= 4 is 39.7 Å². The molecule has 100 valence electrons. The van der Waals surface area contributed by atoms with Gasteiger partial charge >= 0.3 is 6.18 Å². The molecular formula is C12H7F3INOS. The normalized spacial score (nSPS) is 11.6. The molecule has 2 rings (SSSR count). The SMILES string of the molecule is Cc1cccc(C(=O)c2cnc(C(F)(F)F)s2)c1I. The van der Waals surface area contributed by atoms with Crippen LogP contribution in [-0.2, 0) is 6.18 Å². The molecule has 0 aliphatic carbocycles. The van der Waals surface area contributed by atoms with E-state index in [2.05, 4.69) is 4.98 Å². The summed E-state index contributed by atoms with van der Waals surface area (Å²) < 4.78 is 38.1. The van der Waals surface area contributed by atoms with E-state index in [0.29, 0.717) is 16.9 Å². The highest BCUT2D eigenvalue weighted by Gasteiger charge is 2.35. The van der Waals surface area contributed by atoms with Crippen LogP contribution in [0.1, 0.15) is 25.8 Å². The number of aryl methyl sites for hydroxylation is 1. The summed E-state index contributed by atoms with van der Waals surface area (Å²) in [5.74, 6) is -0.430. The molecule has 0 bridgehead atoms. The topological polar surface area (TPSA) is 30.0 Å². The molecule has 0 unspecified atom stereocenters. The van der Waals surface area contributed by atoms with E-state index in [1.54, 1.807) is 12.1 Å². The summed E-state index contributed by atoms with van der Waals surface area (Å²) in [6.07, 6.45) is -3.53. The minimum absolute atomic E-state index is 0.00385. The molecule has 2 nitrogen and oxygen atoms in total. The minimum Gasteiger partial charge on any atom is -0.288 e. The smallest absolute Gasteiger partial charge is 0.288 e. The molecule has 0 spiro atoms. The number of rotatable bonds is 2. The summed E-state index contributed by atoms with van der Waals surface area (Å²) in [6.45, 7) is 1.84. The van der Waals surface area contributed by atoms with Crippen LogP contribution in [-0.4, -0.2) is 10.8 Å². The first-order chi connectivity index (χ1) is 8.80. The summed E-state index contributed by atoms with van der Waals surface area (Å²) in [7, 11) is 0. The van der Waals surface area contributed by atoms with Crippen molar-refractivity contribution in [2.24, 2.45) is 0 Å². The van der Waals surface area contributed by atoms with Crippen molar-refractivity contribution in [3.8, 4) is 0 Å². The van der Waals surface area contributed by atoms with Crippen molar-refractivity contribution in [2.75, 3.05) is 0 Å². The average molecular weight is 397 g/mol. The van der Waals surface area contributed by atoms with E-state index < -0.39 is 17.0 Å². The van der Waals surface area contributed by atoms with Gasteiger partial charge in [-0.1, -0.05) is 12.1 Å². The Morgan fingerprint density at radius 2 is 2.05 bits per heavy atom. The van der Waals surface area contributed by atoms with Gasteiger partial charge in [-0.3, -0.25) is 4.79 Å². The van der Waals surface area contributed by atoms with Crippen molar-refractivity contribution in [2.45, 2.75) is 13.1 Å². The number of carbonyl (C=O) groups excluding carboxylic acids is 1.